The fourth-order valence-electron chi connectivity index (χ4n) is 2.73. The number of nitrogens with zero attached hydrogens (tertiary/aromatic N) is 4. The number of hydrogen-bond acceptors (Lipinski definition) is 5. The molecular weight excluding hydrogens is 479 g/mol. The maximum atomic E-state index is 5.28. The zero-order chi connectivity index (χ0) is 19.6. The first kappa shape index (κ1) is 22.8. The first-order valence-corrected chi connectivity index (χ1v) is 9.55. The van der Waals surface area contributed by atoms with Gasteiger partial charge < -0.3 is 15.2 Å². The van der Waals surface area contributed by atoms with Crippen LogP contribution in [-0.4, -0.2) is 41.2 Å². The molecule has 0 aliphatic carbocycles. The summed E-state index contributed by atoms with van der Waals surface area (Å²) in [4.78, 5) is 12.9. The highest BCUT2D eigenvalue weighted by atomic mass is 127. The predicted molar refractivity (Wildman–Crippen MR) is 126 cm³/mol. The van der Waals surface area contributed by atoms with Crippen molar-refractivity contribution in [3.05, 3.63) is 65.7 Å². The number of aliphatic imine (C=N–C) groups is 1. The second-order valence-electron chi connectivity index (χ2n) is 6.31. The summed E-state index contributed by atoms with van der Waals surface area (Å²) in [6.45, 7) is 3.59. The van der Waals surface area contributed by atoms with E-state index < -0.39 is 0 Å². The van der Waals surface area contributed by atoms with Crippen LogP contribution in [0.4, 0.5) is 0 Å². The van der Waals surface area contributed by atoms with Crippen molar-refractivity contribution in [3.63, 3.8) is 0 Å². The maximum Gasteiger partial charge on any atom is 0.257 e. The Morgan fingerprint density at radius 2 is 1.79 bits per heavy atom. The Bertz CT molecular complexity index is 880. The molecule has 0 aliphatic rings. The minimum absolute atomic E-state index is 0. The van der Waals surface area contributed by atoms with Gasteiger partial charge in [-0.25, -0.2) is 0 Å². The Morgan fingerprint density at radius 1 is 1.03 bits per heavy atom. The van der Waals surface area contributed by atoms with Gasteiger partial charge in [-0.2, -0.15) is 4.98 Å². The molecule has 0 atom stereocenters. The number of guanidine groups is 1. The Labute approximate surface area is 188 Å². The number of rotatable bonds is 8. The van der Waals surface area contributed by atoms with Crippen LogP contribution in [0.25, 0.3) is 11.5 Å². The van der Waals surface area contributed by atoms with Crippen molar-refractivity contribution in [1.82, 2.24) is 25.8 Å². The molecule has 29 heavy (non-hydrogen) atoms. The highest BCUT2D eigenvalue weighted by molar-refractivity contribution is 14.0. The molecule has 0 spiro atoms. The van der Waals surface area contributed by atoms with Crippen LogP contribution in [0, 0.1) is 0 Å². The summed E-state index contributed by atoms with van der Waals surface area (Å²) in [7, 11) is 1.78. The minimum Gasteiger partial charge on any atom is -0.356 e. The van der Waals surface area contributed by atoms with E-state index >= 15 is 0 Å². The smallest absolute Gasteiger partial charge is 0.257 e. The van der Waals surface area contributed by atoms with E-state index in [1.807, 2.05) is 43.5 Å². The molecule has 0 bridgehead atoms. The van der Waals surface area contributed by atoms with Gasteiger partial charge in [0.25, 0.3) is 5.89 Å². The fraction of sp³-hybridized carbons (Fsp3) is 0.333. The highest BCUT2D eigenvalue weighted by Crippen LogP contribution is 2.18. The monoisotopic (exact) mass is 506 g/mol. The van der Waals surface area contributed by atoms with Crippen LogP contribution < -0.4 is 10.6 Å². The zero-order valence-electron chi connectivity index (χ0n) is 16.8. The second kappa shape index (κ2) is 12.2. The molecule has 7 nitrogen and oxygen atoms in total. The standard InChI is InChI=1S/C21H26N6O.HI/c1-3-19-26-20(28-27-19)17-9-7-16(8-10-17)11-14-24-21(22-2)25-15-12-18-6-4-5-13-23-18;/h4-10,13H,3,11-12,14-15H2,1-2H3,(H2,22,24,25);1H. The third-order valence-electron chi connectivity index (χ3n) is 4.31. The summed E-state index contributed by atoms with van der Waals surface area (Å²) in [6, 6.07) is 14.2. The summed E-state index contributed by atoms with van der Waals surface area (Å²) >= 11 is 0. The van der Waals surface area contributed by atoms with Crippen molar-refractivity contribution >= 4 is 29.9 Å². The molecule has 3 rings (SSSR count). The van der Waals surface area contributed by atoms with Crippen LogP contribution in [0.2, 0.25) is 0 Å². The van der Waals surface area contributed by atoms with Gasteiger partial charge in [-0.05, 0) is 36.2 Å². The molecule has 154 valence electrons. The average molecular weight is 506 g/mol. The Hall–Kier alpha value is -2.49. The summed E-state index contributed by atoms with van der Waals surface area (Å²) in [5, 5.41) is 10.6. The maximum absolute atomic E-state index is 5.28. The number of aryl methyl sites for hydroxylation is 1. The van der Waals surface area contributed by atoms with Gasteiger partial charge in [0.2, 0.25) is 0 Å². The van der Waals surface area contributed by atoms with Gasteiger partial charge in [0.15, 0.2) is 11.8 Å². The third-order valence-corrected chi connectivity index (χ3v) is 4.31. The van der Waals surface area contributed by atoms with Crippen molar-refractivity contribution in [3.8, 4) is 11.5 Å². The first-order chi connectivity index (χ1) is 13.8. The van der Waals surface area contributed by atoms with Crippen molar-refractivity contribution < 1.29 is 4.52 Å². The van der Waals surface area contributed by atoms with Crippen molar-refractivity contribution in [2.24, 2.45) is 4.99 Å². The zero-order valence-corrected chi connectivity index (χ0v) is 19.1. The molecule has 0 saturated carbocycles. The van der Waals surface area contributed by atoms with Gasteiger partial charge in [-0.3, -0.25) is 9.98 Å². The molecule has 3 aromatic rings. The summed E-state index contributed by atoms with van der Waals surface area (Å²) in [5.41, 5.74) is 3.24. The minimum atomic E-state index is 0. The molecule has 0 saturated heterocycles. The van der Waals surface area contributed by atoms with Crippen LogP contribution >= 0.6 is 24.0 Å². The lowest BCUT2D eigenvalue weighted by atomic mass is 10.1. The van der Waals surface area contributed by atoms with Gasteiger partial charge in [0.05, 0.1) is 0 Å². The summed E-state index contributed by atoms with van der Waals surface area (Å²) in [5.74, 6) is 2.09. The number of pyridine rings is 1. The number of halogens is 1. The number of hydrogen-bond donors (Lipinski definition) is 2. The Balaban J connectivity index is 0.00000300. The van der Waals surface area contributed by atoms with E-state index in [0.717, 1.165) is 55.4 Å². The van der Waals surface area contributed by atoms with E-state index in [9.17, 15) is 0 Å². The van der Waals surface area contributed by atoms with Crippen LogP contribution in [-0.2, 0) is 19.3 Å². The third kappa shape index (κ3) is 7.12. The topological polar surface area (TPSA) is 88.2 Å². The molecule has 2 N–H and O–H groups in total. The van der Waals surface area contributed by atoms with E-state index in [4.69, 9.17) is 4.52 Å². The van der Waals surface area contributed by atoms with Crippen molar-refractivity contribution in [2.75, 3.05) is 20.1 Å². The van der Waals surface area contributed by atoms with Gasteiger partial charge in [0, 0.05) is 50.4 Å². The molecule has 0 fully saturated rings. The van der Waals surface area contributed by atoms with Gasteiger partial charge in [0.1, 0.15) is 0 Å². The number of benzene rings is 1. The van der Waals surface area contributed by atoms with Gasteiger partial charge >= 0.3 is 0 Å². The lowest BCUT2D eigenvalue weighted by Crippen LogP contribution is -2.39. The lowest BCUT2D eigenvalue weighted by Gasteiger charge is -2.11. The summed E-state index contributed by atoms with van der Waals surface area (Å²) < 4.78 is 5.28. The van der Waals surface area contributed by atoms with Gasteiger partial charge in [-0.15, -0.1) is 24.0 Å². The lowest BCUT2D eigenvalue weighted by molar-refractivity contribution is 0.423. The SMILES string of the molecule is CCc1noc(-c2ccc(CCNC(=NC)NCCc3ccccn3)cc2)n1.I. The van der Waals surface area contributed by atoms with E-state index in [1.165, 1.54) is 5.56 Å². The molecular formula is C21H27IN6O. The number of aromatic nitrogens is 3. The predicted octanol–water partition coefficient (Wildman–Crippen LogP) is 3.26. The Kier molecular flexibility index (Phi) is 9.55. The quantitative estimate of drug-likeness (QED) is 0.277. The molecule has 2 aromatic heterocycles. The Morgan fingerprint density at radius 3 is 2.41 bits per heavy atom. The van der Waals surface area contributed by atoms with Crippen LogP contribution in [0.15, 0.2) is 58.2 Å². The largest absolute Gasteiger partial charge is 0.356 e. The van der Waals surface area contributed by atoms with E-state index in [-0.39, 0.29) is 24.0 Å². The highest BCUT2D eigenvalue weighted by Gasteiger charge is 2.07. The normalized spacial score (nSPS) is 11.0. The summed E-state index contributed by atoms with van der Waals surface area (Å²) in [6.07, 6.45) is 4.34. The van der Waals surface area contributed by atoms with Crippen molar-refractivity contribution in [1.29, 1.82) is 0 Å². The molecule has 0 radical (unpaired) electrons. The van der Waals surface area contributed by atoms with Crippen molar-refractivity contribution in [2.45, 2.75) is 26.2 Å². The molecule has 0 unspecified atom stereocenters. The molecule has 2 heterocycles. The molecule has 8 heteroatoms. The fourth-order valence-corrected chi connectivity index (χ4v) is 2.73. The molecule has 0 aliphatic heterocycles. The van der Waals surface area contributed by atoms with Crippen LogP contribution in [0.3, 0.4) is 0 Å². The first-order valence-electron chi connectivity index (χ1n) is 9.55. The van der Waals surface area contributed by atoms with E-state index in [2.05, 4.69) is 42.9 Å². The average Bonchev–Trinajstić information content (AvgIpc) is 3.23. The second-order valence-corrected chi connectivity index (χ2v) is 6.31. The number of nitrogens with one attached hydrogen (secondary N) is 2. The molecule has 1 aromatic carbocycles. The molecule has 0 amide bonds. The van der Waals surface area contributed by atoms with E-state index in [0.29, 0.717) is 5.89 Å². The van der Waals surface area contributed by atoms with Crippen LogP contribution in [0.5, 0.6) is 0 Å². The van der Waals surface area contributed by atoms with Gasteiger partial charge in [-0.1, -0.05) is 30.3 Å². The van der Waals surface area contributed by atoms with E-state index in [1.54, 1.807) is 7.05 Å². The van der Waals surface area contributed by atoms with Crippen LogP contribution in [0.1, 0.15) is 24.0 Å².